The molecular weight excluding hydrogens is 280 g/mol. The van der Waals surface area contributed by atoms with E-state index >= 15 is 0 Å². The van der Waals surface area contributed by atoms with Gasteiger partial charge in [0.15, 0.2) is 5.69 Å². The summed E-state index contributed by atoms with van der Waals surface area (Å²) >= 11 is 0. The molecule has 1 aliphatic heterocycles. The van der Waals surface area contributed by atoms with Crippen molar-refractivity contribution in [3.8, 4) is 0 Å². The first-order chi connectivity index (χ1) is 10.7. The predicted molar refractivity (Wildman–Crippen MR) is 79.5 cm³/mol. The number of nitrogens with one attached hydrogen (secondary N) is 1. The average molecular weight is 300 g/mol. The normalized spacial score (nSPS) is 21.1. The van der Waals surface area contributed by atoms with Gasteiger partial charge in [0.2, 0.25) is 0 Å². The van der Waals surface area contributed by atoms with Crippen molar-refractivity contribution in [2.24, 2.45) is 0 Å². The molecule has 2 aromatic rings. The van der Waals surface area contributed by atoms with Crippen molar-refractivity contribution in [1.82, 2.24) is 20.0 Å². The van der Waals surface area contributed by atoms with Crippen LogP contribution in [0, 0.1) is 6.92 Å². The largest absolute Gasteiger partial charge is 0.360 e. The van der Waals surface area contributed by atoms with E-state index in [1.54, 1.807) is 0 Å². The Morgan fingerprint density at radius 1 is 1.36 bits per heavy atom. The molecule has 1 atom stereocenters. The Kier molecular flexibility index (Phi) is 3.24. The van der Waals surface area contributed by atoms with E-state index in [4.69, 9.17) is 4.52 Å². The number of nitrogens with zero attached hydrogens (tertiary/aromatic N) is 3. The van der Waals surface area contributed by atoms with Crippen LogP contribution in [0.25, 0.3) is 0 Å². The van der Waals surface area contributed by atoms with Crippen LogP contribution < -0.4 is 0 Å². The van der Waals surface area contributed by atoms with Crippen LogP contribution in [-0.4, -0.2) is 32.5 Å². The highest BCUT2D eigenvalue weighted by Crippen LogP contribution is 2.33. The van der Waals surface area contributed by atoms with Gasteiger partial charge < -0.3 is 14.4 Å². The maximum atomic E-state index is 12.9. The molecule has 116 valence electrons. The van der Waals surface area contributed by atoms with Crippen LogP contribution in [0.2, 0.25) is 0 Å². The molecule has 1 saturated heterocycles. The molecule has 2 aliphatic rings. The quantitative estimate of drug-likeness (QED) is 0.925. The van der Waals surface area contributed by atoms with Crippen LogP contribution in [0.5, 0.6) is 0 Å². The Bertz CT molecular complexity index is 703. The van der Waals surface area contributed by atoms with Crippen molar-refractivity contribution in [3.05, 3.63) is 34.7 Å². The van der Waals surface area contributed by atoms with Gasteiger partial charge in [-0.2, -0.15) is 0 Å². The highest BCUT2D eigenvalue weighted by atomic mass is 16.5. The molecule has 2 aromatic heterocycles. The maximum absolute atomic E-state index is 12.9. The Hall–Kier alpha value is -2.11. The van der Waals surface area contributed by atoms with Crippen LogP contribution in [0.15, 0.2) is 10.7 Å². The lowest BCUT2D eigenvalue weighted by atomic mass is 9.96. The fraction of sp³-hybridized carbons (Fsp3) is 0.562. The van der Waals surface area contributed by atoms with E-state index < -0.39 is 0 Å². The summed E-state index contributed by atoms with van der Waals surface area (Å²) in [5.41, 5.74) is 2.57. The summed E-state index contributed by atoms with van der Waals surface area (Å²) in [5, 5.41) is 4.08. The highest BCUT2D eigenvalue weighted by molar-refractivity contribution is 5.94. The molecule has 6 heteroatoms. The first-order valence-electron chi connectivity index (χ1n) is 8.04. The number of aromatic nitrogens is 3. The number of H-pyrrole nitrogens is 1. The number of carbonyl (C=O) groups is 1. The second-order valence-corrected chi connectivity index (χ2v) is 6.25. The molecule has 0 radical (unpaired) electrons. The summed E-state index contributed by atoms with van der Waals surface area (Å²) < 4.78 is 5.39. The van der Waals surface area contributed by atoms with Crippen molar-refractivity contribution in [2.75, 3.05) is 6.54 Å². The zero-order valence-electron chi connectivity index (χ0n) is 12.8. The highest BCUT2D eigenvalue weighted by Gasteiger charge is 2.35. The Morgan fingerprint density at radius 2 is 2.23 bits per heavy atom. The third kappa shape index (κ3) is 2.14. The van der Waals surface area contributed by atoms with Gasteiger partial charge in [0.1, 0.15) is 11.6 Å². The molecular formula is C16H20N4O2. The molecule has 1 fully saturated rings. The minimum atomic E-state index is -0.0107. The maximum Gasteiger partial charge on any atom is 0.276 e. The molecule has 1 amide bonds. The molecule has 0 spiro atoms. The Morgan fingerprint density at radius 3 is 3.05 bits per heavy atom. The second kappa shape index (κ2) is 5.26. The third-order valence-electron chi connectivity index (χ3n) is 4.70. The standard InChI is InChI=1S/C16H20N4O2/c1-10-9-17-15(18-10)12-6-4-8-20(12)16(21)14-11-5-2-3-7-13(11)22-19-14/h9,12H,2-8H2,1H3,(H,17,18). The third-order valence-corrected chi connectivity index (χ3v) is 4.70. The number of aryl methyl sites for hydroxylation is 2. The molecule has 1 aliphatic carbocycles. The van der Waals surface area contributed by atoms with Gasteiger partial charge in [-0.25, -0.2) is 4.98 Å². The van der Waals surface area contributed by atoms with Crippen LogP contribution in [0.1, 0.15) is 65.1 Å². The minimum absolute atomic E-state index is 0.0107. The Labute approximate surface area is 128 Å². The fourth-order valence-corrected chi connectivity index (χ4v) is 3.59. The first-order valence-corrected chi connectivity index (χ1v) is 8.04. The van der Waals surface area contributed by atoms with Gasteiger partial charge in [-0.3, -0.25) is 4.79 Å². The number of fused-ring (bicyclic) bond motifs is 1. The Balaban J connectivity index is 1.63. The van der Waals surface area contributed by atoms with Gasteiger partial charge in [0.25, 0.3) is 5.91 Å². The lowest BCUT2D eigenvalue weighted by Crippen LogP contribution is -2.32. The van der Waals surface area contributed by atoms with E-state index in [9.17, 15) is 4.79 Å². The smallest absolute Gasteiger partial charge is 0.276 e. The molecule has 4 rings (SSSR count). The van der Waals surface area contributed by atoms with E-state index in [2.05, 4.69) is 15.1 Å². The number of rotatable bonds is 2. The predicted octanol–water partition coefficient (Wildman–Crippen LogP) is 2.56. The van der Waals surface area contributed by atoms with Crippen LogP contribution >= 0.6 is 0 Å². The van der Waals surface area contributed by atoms with Crippen molar-refractivity contribution in [3.63, 3.8) is 0 Å². The van der Waals surface area contributed by atoms with E-state index in [0.717, 1.165) is 67.9 Å². The number of hydrogen-bond donors (Lipinski definition) is 1. The number of hydrogen-bond acceptors (Lipinski definition) is 4. The van der Waals surface area contributed by atoms with Crippen LogP contribution in [0.3, 0.4) is 0 Å². The summed E-state index contributed by atoms with van der Waals surface area (Å²) in [5.74, 6) is 1.77. The molecule has 0 aromatic carbocycles. The zero-order valence-corrected chi connectivity index (χ0v) is 12.8. The average Bonchev–Trinajstić information content (AvgIpc) is 3.25. The van der Waals surface area contributed by atoms with E-state index in [-0.39, 0.29) is 11.9 Å². The lowest BCUT2D eigenvalue weighted by molar-refractivity contribution is 0.0719. The zero-order chi connectivity index (χ0) is 15.1. The number of carbonyl (C=O) groups excluding carboxylic acids is 1. The molecule has 22 heavy (non-hydrogen) atoms. The molecule has 1 unspecified atom stereocenters. The van der Waals surface area contributed by atoms with Gasteiger partial charge in [-0.05, 0) is 39.0 Å². The lowest BCUT2D eigenvalue weighted by Gasteiger charge is -2.22. The van der Waals surface area contributed by atoms with Gasteiger partial charge in [-0.1, -0.05) is 5.16 Å². The van der Waals surface area contributed by atoms with Gasteiger partial charge in [-0.15, -0.1) is 0 Å². The fourth-order valence-electron chi connectivity index (χ4n) is 3.59. The molecule has 1 N–H and O–H groups in total. The van der Waals surface area contributed by atoms with Crippen molar-refractivity contribution >= 4 is 5.91 Å². The molecule has 6 nitrogen and oxygen atoms in total. The van der Waals surface area contributed by atoms with Gasteiger partial charge >= 0.3 is 0 Å². The van der Waals surface area contributed by atoms with E-state index in [0.29, 0.717) is 5.69 Å². The van der Waals surface area contributed by atoms with Gasteiger partial charge in [0.05, 0.1) is 6.04 Å². The first kappa shape index (κ1) is 13.5. The summed E-state index contributed by atoms with van der Waals surface area (Å²) in [6, 6.07) is 0.0251. The monoisotopic (exact) mass is 300 g/mol. The summed E-state index contributed by atoms with van der Waals surface area (Å²) in [7, 11) is 0. The SMILES string of the molecule is Cc1cnc(C2CCCN2C(=O)c2noc3c2CCCC3)[nH]1. The summed E-state index contributed by atoms with van der Waals surface area (Å²) in [6.07, 6.45) is 7.78. The van der Waals surface area contributed by atoms with Crippen molar-refractivity contribution in [1.29, 1.82) is 0 Å². The van der Waals surface area contributed by atoms with Crippen LogP contribution in [-0.2, 0) is 12.8 Å². The number of aromatic amines is 1. The topological polar surface area (TPSA) is 75.0 Å². The van der Waals surface area contributed by atoms with Gasteiger partial charge in [0, 0.05) is 30.4 Å². The number of amides is 1. The number of likely N-dealkylation sites (tertiary alicyclic amines) is 1. The molecule has 0 saturated carbocycles. The number of imidazole rings is 1. The van der Waals surface area contributed by atoms with Crippen LogP contribution in [0.4, 0.5) is 0 Å². The summed E-state index contributed by atoms with van der Waals surface area (Å²) in [6.45, 7) is 2.73. The molecule has 3 heterocycles. The molecule has 0 bridgehead atoms. The van der Waals surface area contributed by atoms with Crippen molar-refractivity contribution in [2.45, 2.75) is 51.5 Å². The summed E-state index contributed by atoms with van der Waals surface area (Å²) in [4.78, 5) is 22.5. The van der Waals surface area contributed by atoms with Crippen molar-refractivity contribution < 1.29 is 9.32 Å². The van der Waals surface area contributed by atoms with E-state index in [1.165, 1.54) is 0 Å². The van der Waals surface area contributed by atoms with E-state index in [1.807, 2.05) is 18.0 Å². The minimum Gasteiger partial charge on any atom is -0.360 e. The second-order valence-electron chi connectivity index (χ2n) is 6.25.